The van der Waals surface area contributed by atoms with Crippen LogP contribution in [0.3, 0.4) is 0 Å². The lowest BCUT2D eigenvalue weighted by Crippen LogP contribution is -2.27. The Morgan fingerprint density at radius 3 is 3.00 bits per heavy atom. The van der Waals surface area contributed by atoms with Crippen LogP contribution >= 0.6 is 0 Å². The number of aryl methyl sites for hydroxylation is 2. The van der Waals surface area contributed by atoms with Crippen molar-refractivity contribution in [3.05, 3.63) is 53.0 Å². The molecule has 10 nitrogen and oxygen atoms in total. The number of fused-ring (bicyclic) bond motifs is 2. The molecule has 0 unspecified atom stereocenters. The van der Waals surface area contributed by atoms with Crippen LogP contribution in [0.2, 0.25) is 0 Å². The molecular formula is C21H22N8O2. The Labute approximate surface area is 177 Å². The number of carbonyl (C=O) groups excluding carboxylic acids is 1. The molecule has 3 aromatic heterocycles. The fourth-order valence-electron chi connectivity index (χ4n) is 3.97. The van der Waals surface area contributed by atoms with E-state index >= 15 is 0 Å². The van der Waals surface area contributed by atoms with Crippen molar-refractivity contribution in [3.8, 4) is 11.4 Å². The second kappa shape index (κ2) is 7.78. The molecule has 5 rings (SSSR count). The molecule has 0 radical (unpaired) electrons. The van der Waals surface area contributed by atoms with Crippen molar-refractivity contribution < 1.29 is 4.79 Å². The van der Waals surface area contributed by atoms with Crippen molar-refractivity contribution >= 4 is 22.6 Å². The van der Waals surface area contributed by atoms with Gasteiger partial charge in [-0.1, -0.05) is 18.6 Å². The summed E-state index contributed by atoms with van der Waals surface area (Å²) in [5.41, 5.74) is 1.72. The largest absolute Gasteiger partial charge is 0.325 e. The maximum atomic E-state index is 12.6. The number of carbonyl (C=O) groups is 1. The molecule has 0 fully saturated rings. The monoisotopic (exact) mass is 418 g/mol. The number of aromatic nitrogens is 7. The molecule has 0 saturated carbocycles. The van der Waals surface area contributed by atoms with Crippen LogP contribution in [0.4, 0.5) is 5.69 Å². The Bertz CT molecular complexity index is 1330. The first-order valence-electron chi connectivity index (χ1n) is 10.3. The van der Waals surface area contributed by atoms with E-state index in [1.807, 2.05) is 24.3 Å². The van der Waals surface area contributed by atoms with Crippen molar-refractivity contribution in [3.63, 3.8) is 0 Å². The van der Waals surface area contributed by atoms with E-state index in [9.17, 15) is 9.59 Å². The van der Waals surface area contributed by atoms with Gasteiger partial charge in [-0.25, -0.2) is 4.98 Å². The van der Waals surface area contributed by atoms with Crippen molar-refractivity contribution in [1.29, 1.82) is 0 Å². The lowest BCUT2D eigenvalue weighted by Gasteiger charge is -2.10. The van der Waals surface area contributed by atoms with Crippen LogP contribution in [0.15, 0.2) is 41.6 Å². The van der Waals surface area contributed by atoms with Crippen LogP contribution in [0.5, 0.6) is 0 Å². The topological polar surface area (TPSA) is 113 Å². The summed E-state index contributed by atoms with van der Waals surface area (Å²) in [7, 11) is 1.72. The van der Waals surface area contributed by atoms with Gasteiger partial charge in [0.25, 0.3) is 5.56 Å². The summed E-state index contributed by atoms with van der Waals surface area (Å²) in [6.45, 7) is 0.766. The molecule has 1 N–H and O–H groups in total. The van der Waals surface area contributed by atoms with Crippen LogP contribution in [0.1, 0.15) is 25.1 Å². The van der Waals surface area contributed by atoms with Gasteiger partial charge in [-0.2, -0.15) is 5.10 Å². The first-order valence-corrected chi connectivity index (χ1v) is 10.3. The van der Waals surface area contributed by atoms with Gasteiger partial charge in [-0.3, -0.25) is 18.8 Å². The Morgan fingerprint density at radius 1 is 1.19 bits per heavy atom. The van der Waals surface area contributed by atoms with Gasteiger partial charge < -0.3 is 9.88 Å². The van der Waals surface area contributed by atoms with Crippen molar-refractivity contribution in [2.75, 3.05) is 5.32 Å². The minimum Gasteiger partial charge on any atom is -0.325 e. The van der Waals surface area contributed by atoms with E-state index in [0.29, 0.717) is 16.7 Å². The van der Waals surface area contributed by atoms with Gasteiger partial charge >= 0.3 is 0 Å². The second-order valence-corrected chi connectivity index (χ2v) is 7.71. The van der Waals surface area contributed by atoms with E-state index in [-0.39, 0.29) is 18.0 Å². The molecule has 1 aromatic carbocycles. The molecule has 0 atom stereocenters. The molecule has 0 saturated heterocycles. The highest BCUT2D eigenvalue weighted by molar-refractivity contribution is 5.91. The third-order valence-electron chi connectivity index (χ3n) is 5.55. The number of amides is 1. The fraction of sp³-hybridized carbons (Fsp3) is 0.333. The van der Waals surface area contributed by atoms with Gasteiger partial charge in [0.1, 0.15) is 24.1 Å². The molecule has 4 heterocycles. The molecule has 10 heteroatoms. The molecular weight excluding hydrogens is 396 g/mol. The molecule has 1 aliphatic rings. The van der Waals surface area contributed by atoms with E-state index in [0.717, 1.165) is 43.0 Å². The van der Waals surface area contributed by atoms with Crippen molar-refractivity contribution in [2.45, 2.75) is 38.8 Å². The molecule has 31 heavy (non-hydrogen) atoms. The first-order chi connectivity index (χ1) is 15.1. The summed E-state index contributed by atoms with van der Waals surface area (Å²) >= 11 is 0. The first kappa shape index (κ1) is 19.2. The second-order valence-electron chi connectivity index (χ2n) is 7.71. The van der Waals surface area contributed by atoms with Crippen LogP contribution in [-0.2, 0) is 31.4 Å². The van der Waals surface area contributed by atoms with Crippen molar-refractivity contribution in [2.24, 2.45) is 7.05 Å². The van der Waals surface area contributed by atoms with Crippen molar-refractivity contribution in [1.82, 2.24) is 34.1 Å². The fourth-order valence-corrected chi connectivity index (χ4v) is 3.97. The molecule has 158 valence electrons. The number of anilines is 1. The van der Waals surface area contributed by atoms with E-state index in [1.165, 1.54) is 28.2 Å². The lowest BCUT2D eigenvalue weighted by molar-refractivity contribution is -0.116. The standard InChI is InChI=1S/C21H22N8O2/c1-27-20-16(11-23-27)21(31)28(13-22-20)12-18(30)24-15-7-5-6-14(10-15)19-26-25-17-8-3-2-4-9-29(17)19/h5-7,10-11,13H,2-4,8-9,12H2,1H3,(H,24,30). The maximum Gasteiger partial charge on any atom is 0.264 e. The van der Waals surface area contributed by atoms with Crippen LogP contribution in [0.25, 0.3) is 22.4 Å². The number of benzene rings is 1. The van der Waals surface area contributed by atoms with Gasteiger partial charge in [-0.05, 0) is 25.0 Å². The Balaban J connectivity index is 1.36. The molecule has 0 aliphatic carbocycles. The summed E-state index contributed by atoms with van der Waals surface area (Å²) in [4.78, 5) is 29.4. The third-order valence-corrected chi connectivity index (χ3v) is 5.55. The average Bonchev–Trinajstić information content (AvgIpc) is 3.26. The number of hydrogen-bond acceptors (Lipinski definition) is 6. The Kier molecular flexibility index (Phi) is 4.81. The quantitative estimate of drug-likeness (QED) is 0.540. The van der Waals surface area contributed by atoms with Crippen LogP contribution in [0, 0.1) is 0 Å². The zero-order valence-corrected chi connectivity index (χ0v) is 17.2. The highest BCUT2D eigenvalue weighted by atomic mass is 16.2. The predicted molar refractivity (Wildman–Crippen MR) is 114 cm³/mol. The van der Waals surface area contributed by atoms with Crippen LogP contribution in [-0.4, -0.2) is 40.0 Å². The molecule has 1 amide bonds. The molecule has 0 spiro atoms. The summed E-state index contributed by atoms with van der Waals surface area (Å²) < 4.78 is 4.97. The predicted octanol–water partition coefficient (Wildman–Crippen LogP) is 1.75. The van der Waals surface area contributed by atoms with Gasteiger partial charge in [0.15, 0.2) is 11.5 Å². The number of nitrogens with one attached hydrogen (secondary N) is 1. The van der Waals surface area contributed by atoms with Gasteiger partial charge in [0, 0.05) is 31.3 Å². The average molecular weight is 418 g/mol. The highest BCUT2D eigenvalue weighted by Gasteiger charge is 2.17. The Morgan fingerprint density at radius 2 is 2.10 bits per heavy atom. The highest BCUT2D eigenvalue weighted by Crippen LogP contribution is 2.24. The van der Waals surface area contributed by atoms with Gasteiger partial charge in [-0.15, -0.1) is 10.2 Å². The smallest absolute Gasteiger partial charge is 0.264 e. The van der Waals surface area contributed by atoms with Gasteiger partial charge in [0.05, 0.1) is 6.20 Å². The van der Waals surface area contributed by atoms with Gasteiger partial charge in [0.2, 0.25) is 5.91 Å². The van der Waals surface area contributed by atoms with E-state index < -0.39 is 0 Å². The van der Waals surface area contributed by atoms with Crippen LogP contribution < -0.4 is 10.9 Å². The lowest BCUT2D eigenvalue weighted by atomic mass is 10.2. The third kappa shape index (κ3) is 3.60. The zero-order valence-electron chi connectivity index (χ0n) is 17.2. The van der Waals surface area contributed by atoms with E-state index in [2.05, 4.69) is 30.2 Å². The maximum absolute atomic E-state index is 12.6. The number of nitrogens with zero attached hydrogens (tertiary/aromatic N) is 7. The number of hydrogen-bond donors (Lipinski definition) is 1. The number of rotatable bonds is 4. The summed E-state index contributed by atoms with van der Waals surface area (Å²) in [5, 5.41) is 16.0. The van der Waals surface area contributed by atoms with E-state index in [1.54, 1.807) is 7.05 Å². The molecule has 4 aromatic rings. The van der Waals surface area contributed by atoms with E-state index in [4.69, 9.17) is 0 Å². The zero-order chi connectivity index (χ0) is 21.4. The normalized spacial score (nSPS) is 13.7. The summed E-state index contributed by atoms with van der Waals surface area (Å²) in [5.74, 6) is 1.51. The minimum absolute atomic E-state index is 0.138. The molecule has 1 aliphatic heterocycles. The Hall–Kier alpha value is -3.82. The molecule has 0 bridgehead atoms. The summed E-state index contributed by atoms with van der Waals surface area (Å²) in [6, 6.07) is 7.53. The summed E-state index contributed by atoms with van der Waals surface area (Å²) in [6.07, 6.45) is 7.20. The minimum atomic E-state index is -0.315. The SMILES string of the molecule is Cn1ncc2c(=O)n(CC(=O)Nc3cccc(-c4nnc5n4CCCCC5)c3)cnc21.